The van der Waals surface area contributed by atoms with Crippen LogP contribution in [0.4, 0.5) is 0 Å². The van der Waals surface area contributed by atoms with Gasteiger partial charge in [0.1, 0.15) is 0 Å². The average Bonchev–Trinajstić information content (AvgIpc) is 2.92. The van der Waals surface area contributed by atoms with E-state index >= 15 is 0 Å². The van der Waals surface area contributed by atoms with E-state index in [1.807, 2.05) is 0 Å². The van der Waals surface area contributed by atoms with Crippen LogP contribution in [0.15, 0.2) is 24.3 Å². The summed E-state index contributed by atoms with van der Waals surface area (Å²) >= 11 is 0. The maximum absolute atomic E-state index is 3.65. The van der Waals surface area contributed by atoms with Crippen LogP contribution in [0.2, 0.25) is 0 Å². The number of piperidine rings is 2. The van der Waals surface area contributed by atoms with E-state index in [0.29, 0.717) is 5.41 Å². The predicted molar refractivity (Wildman–Crippen MR) is 83.0 cm³/mol. The Bertz CT molecular complexity index is 446. The number of likely N-dealkylation sites (tertiary alicyclic amines) is 1. The molecule has 2 saturated heterocycles. The fraction of sp³-hybridized carbons (Fsp3) is 0.667. The molecule has 1 spiro atoms. The van der Waals surface area contributed by atoms with E-state index < -0.39 is 0 Å². The van der Waals surface area contributed by atoms with Crippen LogP contribution in [0.25, 0.3) is 0 Å². The lowest BCUT2D eigenvalue weighted by Crippen LogP contribution is -2.53. The molecule has 1 unspecified atom stereocenters. The Morgan fingerprint density at radius 3 is 2.50 bits per heavy atom. The van der Waals surface area contributed by atoms with Crippen molar-refractivity contribution in [1.82, 2.24) is 10.2 Å². The molecule has 0 amide bonds. The Labute approximate surface area is 122 Å². The monoisotopic (exact) mass is 270 g/mol. The Balaban J connectivity index is 1.47. The zero-order valence-electron chi connectivity index (χ0n) is 12.4. The second-order valence-electron chi connectivity index (χ2n) is 7.19. The molecular formula is C18H26N2. The van der Waals surface area contributed by atoms with Crippen molar-refractivity contribution in [3.8, 4) is 0 Å². The third-order valence-corrected chi connectivity index (χ3v) is 5.80. The zero-order valence-corrected chi connectivity index (χ0v) is 12.4. The Morgan fingerprint density at radius 2 is 1.80 bits per heavy atom. The maximum atomic E-state index is 3.65. The molecule has 4 rings (SSSR count). The van der Waals surface area contributed by atoms with Gasteiger partial charge in [0, 0.05) is 19.1 Å². The van der Waals surface area contributed by atoms with Gasteiger partial charge < -0.3 is 5.32 Å². The summed E-state index contributed by atoms with van der Waals surface area (Å²) in [5.41, 5.74) is 3.78. The van der Waals surface area contributed by atoms with Crippen molar-refractivity contribution in [2.75, 3.05) is 26.2 Å². The van der Waals surface area contributed by atoms with Crippen molar-refractivity contribution in [2.45, 2.75) is 44.6 Å². The third-order valence-electron chi connectivity index (χ3n) is 5.80. The summed E-state index contributed by atoms with van der Waals surface area (Å²) in [6.45, 7) is 5.14. The van der Waals surface area contributed by atoms with E-state index in [0.717, 1.165) is 6.04 Å². The minimum Gasteiger partial charge on any atom is -0.316 e. The largest absolute Gasteiger partial charge is 0.316 e. The molecule has 2 heteroatoms. The van der Waals surface area contributed by atoms with Crippen LogP contribution >= 0.6 is 0 Å². The summed E-state index contributed by atoms with van der Waals surface area (Å²) in [4.78, 5) is 2.82. The number of benzene rings is 1. The molecule has 0 aromatic heterocycles. The summed E-state index contributed by atoms with van der Waals surface area (Å²) in [5.74, 6) is 0. The highest BCUT2D eigenvalue weighted by atomic mass is 15.2. The van der Waals surface area contributed by atoms with Crippen molar-refractivity contribution in [3.05, 3.63) is 35.4 Å². The van der Waals surface area contributed by atoms with Gasteiger partial charge in [0.2, 0.25) is 0 Å². The number of nitrogens with zero attached hydrogens (tertiary/aromatic N) is 1. The second kappa shape index (κ2) is 5.16. The molecule has 20 heavy (non-hydrogen) atoms. The summed E-state index contributed by atoms with van der Waals surface area (Å²) in [5, 5.41) is 3.65. The highest BCUT2D eigenvalue weighted by Crippen LogP contribution is 2.38. The smallest absolute Gasteiger partial charge is 0.0176 e. The summed E-state index contributed by atoms with van der Waals surface area (Å²) in [6.07, 6.45) is 8.21. The van der Waals surface area contributed by atoms with Gasteiger partial charge in [-0.2, -0.15) is 0 Å². The van der Waals surface area contributed by atoms with Crippen LogP contribution in [0.5, 0.6) is 0 Å². The Kier molecular flexibility index (Phi) is 3.31. The van der Waals surface area contributed by atoms with Crippen LogP contribution in [0, 0.1) is 5.41 Å². The van der Waals surface area contributed by atoms with Gasteiger partial charge in [0.15, 0.2) is 0 Å². The number of hydrogen-bond donors (Lipinski definition) is 1. The lowest BCUT2D eigenvalue weighted by atomic mass is 9.74. The van der Waals surface area contributed by atoms with E-state index in [-0.39, 0.29) is 0 Å². The zero-order chi connectivity index (χ0) is 13.4. The first kappa shape index (κ1) is 12.8. The molecule has 1 aromatic carbocycles. The highest BCUT2D eigenvalue weighted by Gasteiger charge is 2.39. The molecule has 1 aromatic rings. The fourth-order valence-corrected chi connectivity index (χ4v) is 4.73. The summed E-state index contributed by atoms with van der Waals surface area (Å²) in [6, 6.07) is 9.83. The van der Waals surface area contributed by atoms with Gasteiger partial charge >= 0.3 is 0 Å². The van der Waals surface area contributed by atoms with Crippen LogP contribution in [0.1, 0.15) is 36.8 Å². The molecular weight excluding hydrogens is 244 g/mol. The van der Waals surface area contributed by atoms with Gasteiger partial charge in [0.25, 0.3) is 0 Å². The van der Waals surface area contributed by atoms with E-state index in [1.165, 1.54) is 64.7 Å². The van der Waals surface area contributed by atoms with Crippen molar-refractivity contribution in [1.29, 1.82) is 0 Å². The minimum absolute atomic E-state index is 0.589. The van der Waals surface area contributed by atoms with Crippen LogP contribution in [-0.4, -0.2) is 37.1 Å². The first-order chi connectivity index (χ1) is 9.85. The molecule has 2 fully saturated rings. The summed E-state index contributed by atoms with van der Waals surface area (Å²) in [7, 11) is 0. The molecule has 0 radical (unpaired) electrons. The van der Waals surface area contributed by atoms with Crippen molar-refractivity contribution in [2.24, 2.45) is 5.41 Å². The number of nitrogens with one attached hydrogen (secondary N) is 1. The van der Waals surface area contributed by atoms with Crippen LogP contribution in [0.3, 0.4) is 0 Å². The van der Waals surface area contributed by atoms with Gasteiger partial charge in [0.05, 0.1) is 0 Å². The predicted octanol–water partition coefficient (Wildman–Crippen LogP) is 2.62. The Hall–Kier alpha value is -0.860. The lowest BCUT2D eigenvalue weighted by Gasteiger charge is -2.47. The highest BCUT2D eigenvalue weighted by molar-refractivity contribution is 5.33. The van der Waals surface area contributed by atoms with Crippen LogP contribution in [-0.2, 0) is 12.8 Å². The second-order valence-corrected chi connectivity index (χ2v) is 7.19. The molecule has 2 nitrogen and oxygen atoms in total. The van der Waals surface area contributed by atoms with E-state index in [4.69, 9.17) is 0 Å². The molecule has 2 aliphatic heterocycles. The number of rotatable bonds is 1. The van der Waals surface area contributed by atoms with Gasteiger partial charge in [-0.05, 0) is 68.2 Å². The lowest BCUT2D eigenvalue weighted by molar-refractivity contribution is 0.0399. The first-order valence-electron chi connectivity index (χ1n) is 8.36. The van der Waals surface area contributed by atoms with E-state index in [9.17, 15) is 0 Å². The van der Waals surface area contributed by atoms with Crippen LogP contribution < -0.4 is 5.32 Å². The van der Waals surface area contributed by atoms with Crippen molar-refractivity contribution in [3.63, 3.8) is 0 Å². The van der Waals surface area contributed by atoms with Gasteiger partial charge in [-0.1, -0.05) is 24.3 Å². The molecule has 1 aliphatic carbocycles. The molecule has 1 N–H and O–H groups in total. The SMILES string of the molecule is c1ccc2c(c1)CC(N1CCCC3(CCCNC3)C1)C2. The minimum atomic E-state index is 0.589. The Morgan fingerprint density at radius 1 is 1.05 bits per heavy atom. The normalized spacial score (nSPS) is 31.6. The topological polar surface area (TPSA) is 15.3 Å². The van der Waals surface area contributed by atoms with E-state index in [2.05, 4.69) is 34.5 Å². The fourth-order valence-electron chi connectivity index (χ4n) is 4.73. The summed E-state index contributed by atoms with van der Waals surface area (Å²) < 4.78 is 0. The molecule has 0 bridgehead atoms. The number of hydrogen-bond acceptors (Lipinski definition) is 2. The van der Waals surface area contributed by atoms with Crippen molar-refractivity contribution < 1.29 is 0 Å². The molecule has 2 heterocycles. The maximum Gasteiger partial charge on any atom is 0.0176 e. The molecule has 0 saturated carbocycles. The van der Waals surface area contributed by atoms with Gasteiger partial charge in [-0.25, -0.2) is 0 Å². The third kappa shape index (κ3) is 2.29. The molecule has 1 atom stereocenters. The van der Waals surface area contributed by atoms with Gasteiger partial charge in [-0.15, -0.1) is 0 Å². The van der Waals surface area contributed by atoms with Gasteiger partial charge in [-0.3, -0.25) is 4.90 Å². The number of fused-ring (bicyclic) bond motifs is 1. The molecule has 3 aliphatic rings. The quantitative estimate of drug-likeness (QED) is 0.844. The average molecular weight is 270 g/mol. The van der Waals surface area contributed by atoms with Crippen molar-refractivity contribution >= 4 is 0 Å². The standard InChI is InChI=1S/C18H26N2/c1-2-6-16-12-17(11-15(16)5-1)20-10-4-8-18(14-20)7-3-9-19-13-18/h1-2,5-6,17,19H,3-4,7-14H2. The molecule has 108 valence electrons. The van der Waals surface area contributed by atoms with E-state index in [1.54, 1.807) is 11.1 Å². The first-order valence-corrected chi connectivity index (χ1v) is 8.36.